The van der Waals surface area contributed by atoms with E-state index < -0.39 is 0 Å². The topological polar surface area (TPSA) is 60.4 Å². The molecule has 0 aliphatic rings. The SMILES string of the molecule is CCn1c(COc2cccc(O)c2)cc2cccc(CN)c21. The summed E-state index contributed by atoms with van der Waals surface area (Å²) in [5.74, 6) is 0.867. The fourth-order valence-electron chi connectivity index (χ4n) is 2.83. The summed E-state index contributed by atoms with van der Waals surface area (Å²) in [6, 6.07) is 15.2. The van der Waals surface area contributed by atoms with Crippen LogP contribution in [0.2, 0.25) is 0 Å². The molecule has 3 aromatic rings. The standard InChI is InChI=1S/C18H20N2O2/c1-2-20-15(12-22-17-8-4-7-16(21)10-17)9-13-5-3-6-14(11-19)18(13)20/h3-10,21H,2,11-12,19H2,1H3. The van der Waals surface area contributed by atoms with Crippen molar-refractivity contribution in [2.24, 2.45) is 5.73 Å². The van der Waals surface area contributed by atoms with Gasteiger partial charge in [-0.2, -0.15) is 0 Å². The smallest absolute Gasteiger partial charge is 0.128 e. The number of hydrogen-bond donors (Lipinski definition) is 2. The van der Waals surface area contributed by atoms with E-state index in [-0.39, 0.29) is 5.75 Å². The Balaban J connectivity index is 1.93. The van der Waals surface area contributed by atoms with E-state index >= 15 is 0 Å². The highest BCUT2D eigenvalue weighted by atomic mass is 16.5. The third kappa shape index (κ3) is 2.65. The van der Waals surface area contributed by atoms with Crippen LogP contribution in [0.1, 0.15) is 18.2 Å². The quantitative estimate of drug-likeness (QED) is 0.758. The largest absolute Gasteiger partial charge is 0.508 e. The Kier molecular flexibility index (Phi) is 4.02. The molecular formula is C18H20N2O2. The average Bonchev–Trinajstić information content (AvgIpc) is 2.90. The third-order valence-corrected chi connectivity index (χ3v) is 3.83. The molecule has 0 fully saturated rings. The molecule has 22 heavy (non-hydrogen) atoms. The molecule has 1 heterocycles. The Morgan fingerprint density at radius 3 is 2.68 bits per heavy atom. The predicted molar refractivity (Wildman–Crippen MR) is 87.9 cm³/mol. The first-order valence-corrected chi connectivity index (χ1v) is 7.45. The molecule has 3 N–H and O–H groups in total. The number of aromatic hydroxyl groups is 1. The van der Waals surface area contributed by atoms with E-state index in [0.29, 0.717) is 18.9 Å². The van der Waals surface area contributed by atoms with Gasteiger partial charge in [0.1, 0.15) is 18.1 Å². The molecule has 0 bridgehead atoms. The molecule has 0 radical (unpaired) electrons. The second kappa shape index (κ2) is 6.12. The monoisotopic (exact) mass is 296 g/mol. The summed E-state index contributed by atoms with van der Waals surface area (Å²) < 4.78 is 8.04. The molecule has 4 heteroatoms. The number of nitrogens with zero attached hydrogens (tertiary/aromatic N) is 1. The van der Waals surface area contributed by atoms with E-state index in [4.69, 9.17) is 10.5 Å². The Morgan fingerprint density at radius 1 is 1.14 bits per heavy atom. The maximum Gasteiger partial charge on any atom is 0.128 e. The van der Waals surface area contributed by atoms with Gasteiger partial charge in [-0.15, -0.1) is 0 Å². The highest BCUT2D eigenvalue weighted by molar-refractivity contribution is 5.84. The van der Waals surface area contributed by atoms with Crippen molar-refractivity contribution in [3.8, 4) is 11.5 Å². The number of rotatable bonds is 5. The van der Waals surface area contributed by atoms with Crippen LogP contribution in [0.4, 0.5) is 0 Å². The summed E-state index contributed by atoms with van der Waals surface area (Å²) >= 11 is 0. The minimum Gasteiger partial charge on any atom is -0.508 e. The average molecular weight is 296 g/mol. The summed E-state index contributed by atoms with van der Waals surface area (Å²) in [5.41, 5.74) is 9.28. The van der Waals surface area contributed by atoms with Gasteiger partial charge in [-0.05, 0) is 30.7 Å². The van der Waals surface area contributed by atoms with Gasteiger partial charge in [-0.3, -0.25) is 0 Å². The van der Waals surface area contributed by atoms with E-state index in [2.05, 4.69) is 29.7 Å². The normalized spacial score (nSPS) is 11.0. The van der Waals surface area contributed by atoms with Gasteiger partial charge in [0.05, 0.1) is 11.2 Å². The number of benzene rings is 2. The molecule has 0 aliphatic heterocycles. The van der Waals surface area contributed by atoms with Crippen LogP contribution in [0, 0.1) is 0 Å². The van der Waals surface area contributed by atoms with Crippen molar-refractivity contribution in [2.75, 3.05) is 0 Å². The lowest BCUT2D eigenvalue weighted by Crippen LogP contribution is -2.07. The van der Waals surface area contributed by atoms with Crippen molar-refractivity contribution in [1.29, 1.82) is 0 Å². The van der Waals surface area contributed by atoms with Crippen LogP contribution < -0.4 is 10.5 Å². The van der Waals surface area contributed by atoms with Crippen LogP contribution in [-0.2, 0) is 19.7 Å². The van der Waals surface area contributed by atoms with Crippen molar-refractivity contribution in [3.05, 3.63) is 59.8 Å². The number of aromatic nitrogens is 1. The molecular weight excluding hydrogens is 276 g/mol. The fourth-order valence-corrected chi connectivity index (χ4v) is 2.83. The molecule has 0 unspecified atom stereocenters. The maximum atomic E-state index is 9.49. The van der Waals surface area contributed by atoms with Crippen LogP contribution in [0.3, 0.4) is 0 Å². The lowest BCUT2D eigenvalue weighted by molar-refractivity contribution is 0.294. The van der Waals surface area contributed by atoms with Crippen LogP contribution in [0.25, 0.3) is 10.9 Å². The van der Waals surface area contributed by atoms with Crippen LogP contribution in [-0.4, -0.2) is 9.67 Å². The van der Waals surface area contributed by atoms with E-state index in [1.54, 1.807) is 18.2 Å². The first kappa shape index (κ1) is 14.5. The van der Waals surface area contributed by atoms with Gasteiger partial charge in [-0.25, -0.2) is 0 Å². The Bertz CT molecular complexity index is 793. The number of nitrogens with two attached hydrogens (primary N) is 1. The fraction of sp³-hybridized carbons (Fsp3) is 0.222. The van der Waals surface area contributed by atoms with Gasteiger partial charge in [0.2, 0.25) is 0 Å². The summed E-state index contributed by atoms with van der Waals surface area (Å²) in [4.78, 5) is 0. The Labute approximate surface area is 129 Å². The van der Waals surface area contributed by atoms with Crippen molar-refractivity contribution in [2.45, 2.75) is 26.6 Å². The number of aryl methyl sites for hydroxylation is 1. The molecule has 0 atom stereocenters. The Hall–Kier alpha value is -2.46. The minimum absolute atomic E-state index is 0.207. The molecule has 0 amide bonds. The van der Waals surface area contributed by atoms with Crippen molar-refractivity contribution in [1.82, 2.24) is 4.57 Å². The first-order valence-electron chi connectivity index (χ1n) is 7.45. The first-order chi connectivity index (χ1) is 10.7. The molecule has 0 aliphatic carbocycles. The summed E-state index contributed by atoms with van der Waals surface area (Å²) in [6.45, 7) is 3.95. The zero-order chi connectivity index (χ0) is 15.5. The molecule has 0 saturated heterocycles. The third-order valence-electron chi connectivity index (χ3n) is 3.83. The lowest BCUT2D eigenvalue weighted by atomic mass is 10.1. The number of para-hydroxylation sites is 1. The highest BCUT2D eigenvalue weighted by Crippen LogP contribution is 2.25. The zero-order valence-corrected chi connectivity index (χ0v) is 12.6. The minimum atomic E-state index is 0.207. The lowest BCUT2D eigenvalue weighted by Gasteiger charge is -2.11. The van der Waals surface area contributed by atoms with Gasteiger partial charge in [0.25, 0.3) is 0 Å². The van der Waals surface area contributed by atoms with E-state index in [1.807, 2.05) is 12.1 Å². The van der Waals surface area contributed by atoms with Crippen LogP contribution in [0.5, 0.6) is 11.5 Å². The van der Waals surface area contributed by atoms with E-state index in [9.17, 15) is 5.11 Å². The van der Waals surface area contributed by atoms with E-state index in [1.165, 1.54) is 10.9 Å². The van der Waals surface area contributed by atoms with E-state index in [0.717, 1.165) is 17.8 Å². The molecule has 0 saturated carbocycles. The number of hydrogen-bond acceptors (Lipinski definition) is 3. The summed E-state index contributed by atoms with van der Waals surface area (Å²) in [6.07, 6.45) is 0. The molecule has 4 nitrogen and oxygen atoms in total. The molecule has 3 rings (SSSR count). The molecule has 1 aromatic heterocycles. The van der Waals surface area contributed by atoms with Gasteiger partial charge >= 0.3 is 0 Å². The van der Waals surface area contributed by atoms with Crippen LogP contribution >= 0.6 is 0 Å². The number of fused-ring (bicyclic) bond motifs is 1. The number of phenolic OH excluding ortho intramolecular Hbond substituents is 1. The van der Waals surface area contributed by atoms with Gasteiger partial charge in [0, 0.05) is 24.5 Å². The second-order valence-corrected chi connectivity index (χ2v) is 5.23. The van der Waals surface area contributed by atoms with Gasteiger partial charge < -0.3 is 20.1 Å². The molecule has 114 valence electrons. The summed E-state index contributed by atoms with van der Waals surface area (Å²) in [7, 11) is 0. The predicted octanol–water partition coefficient (Wildman–Crippen LogP) is 3.40. The van der Waals surface area contributed by atoms with Gasteiger partial charge in [-0.1, -0.05) is 24.3 Å². The maximum absolute atomic E-state index is 9.49. The van der Waals surface area contributed by atoms with Crippen molar-refractivity contribution in [3.63, 3.8) is 0 Å². The van der Waals surface area contributed by atoms with Crippen molar-refractivity contribution >= 4 is 10.9 Å². The Morgan fingerprint density at radius 2 is 1.95 bits per heavy atom. The highest BCUT2D eigenvalue weighted by Gasteiger charge is 2.11. The second-order valence-electron chi connectivity index (χ2n) is 5.23. The van der Waals surface area contributed by atoms with Crippen molar-refractivity contribution < 1.29 is 9.84 Å². The number of phenols is 1. The van der Waals surface area contributed by atoms with Gasteiger partial charge in [0.15, 0.2) is 0 Å². The summed E-state index contributed by atoms with van der Waals surface area (Å²) in [5, 5.41) is 10.7. The molecule has 2 aromatic carbocycles. The zero-order valence-electron chi connectivity index (χ0n) is 12.6. The molecule has 0 spiro atoms. The number of ether oxygens (including phenoxy) is 1. The van der Waals surface area contributed by atoms with Crippen LogP contribution in [0.15, 0.2) is 48.5 Å².